The summed E-state index contributed by atoms with van der Waals surface area (Å²) < 4.78 is 0. The lowest BCUT2D eigenvalue weighted by Gasteiger charge is -2.26. The van der Waals surface area contributed by atoms with E-state index in [1.165, 1.54) is 25.7 Å². The van der Waals surface area contributed by atoms with Crippen LogP contribution in [0.25, 0.3) is 0 Å². The third-order valence-corrected chi connectivity index (χ3v) is 4.96. The van der Waals surface area contributed by atoms with Gasteiger partial charge in [0, 0.05) is 31.3 Å². The molecule has 0 saturated heterocycles. The minimum atomic E-state index is 0.104. The summed E-state index contributed by atoms with van der Waals surface area (Å²) in [6.07, 6.45) is 8.13. The molecule has 0 radical (unpaired) electrons. The summed E-state index contributed by atoms with van der Waals surface area (Å²) in [5.74, 6) is 1.00. The number of hydrogen-bond acceptors (Lipinski definition) is 2. The van der Waals surface area contributed by atoms with Gasteiger partial charge in [-0.1, -0.05) is 25.7 Å². The largest absolute Gasteiger partial charge is 0.326 e. The fourth-order valence-corrected chi connectivity index (χ4v) is 3.59. The smallest absolute Gasteiger partial charge is 0.227 e. The van der Waals surface area contributed by atoms with E-state index in [4.69, 9.17) is 0 Å². The number of carbonyl (C=O) groups is 2. The maximum absolute atomic E-state index is 12.1. The topological polar surface area (TPSA) is 49.4 Å². The third-order valence-electron chi connectivity index (χ3n) is 4.96. The lowest BCUT2D eigenvalue weighted by molar-refractivity contribution is -0.118. The standard InChI is InChI=1S/C18H24N2O2/c1-20-16-9-8-15(12-14(16)7-11-18(20)22)19-17(21)10-6-13-4-2-3-5-13/h8-9,12-13H,2-7,10-11H2,1H3,(H,19,21). The van der Waals surface area contributed by atoms with Crippen LogP contribution in [-0.2, 0) is 16.0 Å². The Labute approximate surface area is 131 Å². The van der Waals surface area contributed by atoms with Gasteiger partial charge >= 0.3 is 0 Å². The average Bonchev–Trinajstić information content (AvgIpc) is 3.02. The molecule has 4 nitrogen and oxygen atoms in total. The highest BCUT2D eigenvalue weighted by molar-refractivity contribution is 5.97. The van der Waals surface area contributed by atoms with Crippen LogP contribution in [0.2, 0.25) is 0 Å². The predicted molar refractivity (Wildman–Crippen MR) is 88.0 cm³/mol. The average molecular weight is 300 g/mol. The van der Waals surface area contributed by atoms with E-state index >= 15 is 0 Å². The number of hydrogen-bond donors (Lipinski definition) is 1. The first-order valence-corrected chi connectivity index (χ1v) is 8.33. The number of benzene rings is 1. The first-order valence-electron chi connectivity index (χ1n) is 8.33. The highest BCUT2D eigenvalue weighted by Gasteiger charge is 2.21. The first kappa shape index (κ1) is 15.1. The van der Waals surface area contributed by atoms with Crippen LogP contribution < -0.4 is 10.2 Å². The molecule has 2 aliphatic rings. The molecule has 1 saturated carbocycles. The fraction of sp³-hybridized carbons (Fsp3) is 0.556. The van der Waals surface area contributed by atoms with E-state index in [9.17, 15) is 9.59 Å². The SMILES string of the molecule is CN1C(=O)CCc2cc(NC(=O)CCC3CCCC3)ccc21. The van der Waals surface area contributed by atoms with Crippen molar-refractivity contribution in [1.82, 2.24) is 0 Å². The molecule has 3 rings (SSSR count). The van der Waals surface area contributed by atoms with E-state index in [1.807, 2.05) is 18.2 Å². The Morgan fingerprint density at radius 1 is 1.27 bits per heavy atom. The number of carbonyl (C=O) groups excluding carboxylic acids is 2. The highest BCUT2D eigenvalue weighted by Crippen LogP contribution is 2.30. The summed E-state index contributed by atoms with van der Waals surface area (Å²) in [6, 6.07) is 5.83. The quantitative estimate of drug-likeness (QED) is 0.925. The minimum Gasteiger partial charge on any atom is -0.326 e. The molecule has 4 heteroatoms. The molecule has 0 spiro atoms. The maximum Gasteiger partial charge on any atom is 0.227 e. The Balaban J connectivity index is 1.58. The molecule has 22 heavy (non-hydrogen) atoms. The van der Waals surface area contributed by atoms with E-state index in [-0.39, 0.29) is 11.8 Å². The zero-order chi connectivity index (χ0) is 15.5. The molecule has 118 valence electrons. The van der Waals surface area contributed by atoms with Crippen molar-refractivity contribution in [3.05, 3.63) is 23.8 Å². The normalized spacial score (nSPS) is 18.4. The van der Waals surface area contributed by atoms with Gasteiger partial charge in [0.1, 0.15) is 0 Å². The van der Waals surface area contributed by atoms with Crippen molar-refractivity contribution < 1.29 is 9.59 Å². The zero-order valence-electron chi connectivity index (χ0n) is 13.2. The van der Waals surface area contributed by atoms with Crippen molar-refractivity contribution in [2.24, 2.45) is 5.92 Å². The molecule has 2 amide bonds. The van der Waals surface area contributed by atoms with Gasteiger partial charge < -0.3 is 10.2 Å². The van der Waals surface area contributed by atoms with Gasteiger partial charge in [0.05, 0.1) is 0 Å². The molecule has 1 aromatic rings. The number of anilines is 2. The van der Waals surface area contributed by atoms with Crippen LogP contribution >= 0.6 is 0 Å². The van der Waals surface area contributed by atoms with Gasteiger partial charge in [0.2, 0.25) is 11.8 Å². The Kier molecular flexibility index (Phi) is 4.46. The molecule has 0 aromatic heterocycles. The molecule has 1 heterocycles. The Bertz CT molecular complexity index is 576. The van der Waals surface area contributed by atoms with Gasteiger partial charge in [0.25, 0.3) is 0 Å². The molecule has 1 fully saturated rings. The van der Waals surface area contributed by atoms with E-state index in [0.717, 1.165) is 35.7 Å². The molecule has 1 N–H and O–H groups in total. The molecular weight excluding hydrogens is 276 g/mol. The Hall–Kier alpha value is -1.84. The summed E-state index contributed by atoms with van der Waals surface area (Å²) in [5, 5.41) is 3.00. The third kappa shape index (κ3) is 3.32. The summed E-state index contributed by atoms with van der Waals surface area (Å²) >= 11 is 0. The molecule has 1 aromatic carbocycles. The molecule has 1 aliphatic heterocycles. The van der Waals surface area contributed by atoms with Crippen LogP contribution in [-0.4, -0.2) is 18.9 Å². The van der Waals surface area contributed by atoms with Crippen molar-refractivity contribution in [2.75, 3.05) is 17.3 Å². The van der Waals surface area contributed by atoms with Gasteiger partial charge in [-0.25, -0.2) is 0 Å². The second-order valence-corrected chi connectivity index (χ2v) is 6.53. The number of fused-ring (bicyclic) bond motifs is 1. The number of nitrogens with one attached hydrogen (secondary N) is 1. The predicted octanol–water partition coefficient (Wildman–Crippen LogP) is 3.50. The van der Waals surface area contributed by atoms with E-state index in [0.29, 0.717) is 12.8 Å². The monoisotopic (exact) mass is 300 g/mol. The number of amides is 2. The highest BCUT2D eigenvalue weighted by atomic mass is 16.2. The molecular formula is C18H24N2O2. The Morgan fingerprint density at radius 2 is 2.05 bits per heavy atom. The summed E-state index contributed by atoms with van der Waals surface area (Å²) in [5.41, 5.74) is 2.94. The van der Waals surface area contributed by atoms with Crippen LogP contribution in [0.15, 0.2) is 18.2 Å². The van der Waals surface area contributed by atoms with Crippen molar-refractivity contribution in [3.8, 4) is 0 Å². The van der Waals surface area contributed by atoms with E-state index in [2.05, 4.69) is 5.32 Å². The van der Waals surface area contributed by atoms with Crippen LogP contribution in [0.3, 0.4) is 0 Å². The van der Waals surface area contributed by atoms with Crippen molar-refractivity contribution >= 4 is 23.2 Å². The lowest BCUT2D eigenvalue weighted by atomic mass is 10.0. The minimum absolute atomic E-state index is 0.104. The first-order chi connectivity index (χ1) is 10.6. The van der Waals surface area contributed by atoms with E-state index in [1.54, 1.807) is 11.9 Å². The molecule has 0 bridgehead atoms. The maximum atomic E-state index is 12.1. The van der Waals surface area contributed by atoms with Gasteiger partial charge in [0.15, 0.2) is 0 Å². The fourth-order valence-electron chi connectivity index (χ4n) is 3.59. The second kappa shape index (κ2) is 6.51. The van der Waals surface area contributed by atoms with Crippen molar-refractivity contribution in [3.63, 3.8) is 0 Å². The van der Waals surface area contributed by atoms with Crippen LogP contribution in [0.5, 0.6) is 0 Å². The molecule has 1 aliphatic carbocycles. The van der Waals surface area contributed by atoms with Gasteiger partial charge in [-0.15, -0.1) is 0 Å². The molecule has 0 unspecified atom stereocenters. The van der Waals surface area contributed by atoms with Crippen LogP contribution in [0.1, 0.15) is 50.5 Å². The second-order valence-electron chi connectivity index (χ2n) is 6.53. The van der Waals surface area contributed by atoms with Gasteiger partial charge in [-0.05, 0) is 42.5 Å². The van der Waals surface area contributed by atoms with Crippen molar-refractivity contribution in [2.45, 2.75) is 51.4 Å². The Morgan fingerprint density at radius 3 is 2.82 bits per heavy atom. The number of rotatable bonds is 4. The molecule has 0 atom stereocenters. The lowest BCUT2D eigenvalue weighted by Crippen LogP contribution is -2.31. The summed E-state index contributed by atoms with van der Waals surface area (Å²) in [4.78, 5) is 25.5. The summed E-state index contributed by atoms with van der Waals surface area (Å²) in [7, 11) is 1.81. The van der Waals surface area contributed by atoms with Gasteiger partial charge in [-0.2, -0.15) is 0 Å². The zero-order valence-corrected chi connectivity index (χ0v) is 13.2. The number of aryl methyl sites for hydroxylation is 1. The van der Waals surface area contributed by atoms with Crippen LogP contribution in [0.4, 0.5) is 11.4 Å². The van der Waals surface area contributed by atoms with Crippen molar-refractivity contribution in [1.29, 1.82) is 0 Å². The van der Waals surface area contributed by atoms with E-state index < -0.39 is 0 Å². The van der Waals surface area contributed by atoms with Gasteiger partial charge in [-0.3, -0.25) is 9.59 Å². The number of nitrogens with zero attached hydrogens (tertiary/aromatic N) is 1. The van der Waals surface area contributed by atoms with Crippen LogP contribution in [0, 0.1) is 5.92 Å². The summed E-state index contributed by atoms with van der Waals surface area (Å²) in [6.45, 7) is 0.